The van der Waals surface area contributed by atoms with Gasteiger partial charge in [0, 0.05) is 0 Å². The van der Waals surface area contributed by atoms with Gasteiger partial charge in [-0.25, -0.2) is 12.8 Å². The Hall–Kier alpha value is -3.39. The number of nitrogens with zero attached hydrogens (tertiary/aromatic N) is 1. The molecule has 0 saturated carbocycles. The first-order valence-electron chi connectivity index (χ1n) is 9.27. The van der Waals surface area contributed by atoms with Gasteiger partial charge in [0.15, 0.2) is 0 Å². The molecule has 1 N–H and O–H groups in total. The second-order valence-corrected chi connectivity index (χ2v) is 8.14. The van der Waals surface area contributed by atoms with Gasteiger partial charge in [0.2, 0.25) is 5.91 Å². The topological polar surface area (TPSA) is 75.7 Å². The number of sulfonamides is 1. The summed E-state index contributed by atoms with van der Waals surface area (Å²) in [6.45, 7) is 1.77. The Bertz CT molecular complexity index is 1100. The van der Waals surface area contributed by atoms with E-state index in [-0.39, 0.29) is 10.6 Å². The summed E-state index contributed by atoms with van der Waals surface area (Å²) in [6, 6.07) is 19.9. The standard InChI is InChI=1S/C22H21FN2O4S/c1-2-29-18-12-14-19(15-13-18)30(27,28)25(17-8-4-3-5-9-17)16-22(26)24-21-11-7-6-10-20(21)23/h3-15H,2,16H2,1H3,(H,24,26). The second-order valence-electron chi connectivity index (χ2n) is 6.28. The van der Waals surface area contributed by atoms with E-state index in [1.807, 2.05) is 6.92 Å². The van der Waals surface area contributed by atoms with Gasteiger partial charge in [-0.2, -0.15) is 0 Å². The number of rotatable bonds is 8. The van der Waals surface area contributed by atoms with Crippen molar-refractivity contribution in [1.82, 2.24) is 0 Å². The molecule has 0 aromatic heterocycles. The lowest BCUT2D eigenvalue weighted by atomic mass is 10.3. The number of hydrogen-bond acceptors (Lipinski definition) is 4. The summed E-state index contributed by atoms with van der Waals surface area (Å²) >= 11 is 0. The van der Waals surface area contributed by atoms with E-state index in [0.29, 0.717) is 18.0 Å². The molecule has 0 radical (unpaired) electrons. The Balaban J connectivity index is 1.90. The molecule has 3 aromatic rings. The highest BCUT2D eigenvalue weighted by molar-refractivity contribution is 7.92. The third kappa shape index (κ3) is 4.96. The van der Waals surface area contributed by atoms with Crippen LogP contribution < -0.4 is 14.4 Å². The first-order chi connectivity index (χ1) is 14.4. The highest BCUT2D eigenvalue weighted by Gasteiger charge is 2.27. The number of halogens is 1. The maximum atomic E-state index is 13.9. The fraction of sp³-hybridized carbons (Fsp3) is 0.136. The normalized spacial score (nSPS) is 11.0. The monoisotopic (exact) mass is 428 g/mol. The van der Waals surface area contributed by atoms with Crippen molar-refractivity contribution in [3.63, 3.8) is 0 Å². The third-order valence-corrected chi connectivity index (χ3v) is 5.99. The third-order valence-electron chi connectivity index (χ3n) is 4.20. The van der Waals surface area contributed by atoms with Gasteiger partial charge in [-0.3, -0.25) is 9.10 Å². The number of carbonyl (C=O) groups excluding carboxylic acids is 1. The number of amides is 1. The minimum atomic E-state index is -4.06. The van der Waals surface area contributed by atoms with Crippen molar-refractivity contribution in [2.45, 2.75) is 11.8 Å². The van der Waals surface area contributed by atoms with Gasteiger partial charge < -0.3 is 10.1 Å². The zero-order valence-corrected chi connectivity index (χ0v) is 17.1. The predicted octanol–water partition coefficient (Wildman–Crippen LogP) is 4.06. The van der Waals surface area contributed by atoms with E-state index in [4.69, 9.17) is 4.74 Å². The van der Waals surface area contributed by atoms with Crippen molar-refractivity contribution in [2.75, 3.05) is 22.8 Å². The number of ether oxygens (including phenoxy) is 1. The fourth-order valence-electron chi connectivity index (χ4n) is 2.79. The van der Waals surface area contributed by atoms with Gasteiger partial charge in [-0.1, -0.05) is 30.3 Å². The first kappa shape index (κ1) is 21.3. The highest BCUT2D eigenvalue weighted by atomic mass is 32.2. The first-order valence-corrected chi connectivity index (χ1v) is 10.7. The molecule has 0 saturated heterocycles. The molecule has 3 rings (SSSR count). The summed E-state index contributed by atoms with van der Waals surface area (Å²) in [5, 5.41) is 2.42. The number of carbonyl (C=O) groups is 1. The summed E-state index contributed by atoms with van der Waals surface area (Å²) in [5.41, 5.74) is 0.295. The van der Waals surface area contributed by atoms with Gasteiger partial charge in [0.05, 0.1) is 22.9 Å². The molecule has 0 fully saturated rings. The quantitative estimate of drug-likeness (QED) is 0.587. The molecule has 0 aliphatic heterocycles. The van der Waals surface area contributed by atoms with Crippen molar-refractivity contribution in [3.05, 3.63) is 84.7 Å². The summed E-state index contributed by atoms with van der Waals surface area (Å²) in [5.74, 6) is -0.732. The lowest BCUT2D eigenvalue weighted by Gasteiger charge is -2.24. The van der Waals surface area contributed by atoms with Crippen molar-refractivity contribution >= 4 is 27.3 Å². The second kappa shape index (κ2) is 9.41. The SMILES string of the molecule is CCOc1ccc(S(=O)(=O)N(CC(=O)Nc2ccccc2F)c2ccccc2)cc1. The van der Waals surface area contributed by atoms with Crippen molar-refractivity contribution in [1.29, 1.82) is 0 Å². The maximum absolute atomic E-state index is 13.9. The van der Waals surface area contributed by atoms with Gasteiger partial charge >= 0.3 is 0 Å². The zero-order valence-electron chi connectivity index (χ0n) is 16.3. The van der Waals surface area contributed by atoms with E-state index in [1.54, 1.807) is 48.5 Å². The van der Waals surface area contributed by atoms with Crippen LogP contribution in [0.3, 0.4) is 0 Å². The van der Waals surface area contributed by atoms with Crippen molar-refractivity contribution < 1.29 is 22.3 Å². The minimum Gasteiger partial charge on any atom is -0.494 e. The van der Waals surface area contributed by atoms with Crippen molar-refractivity contribution in [2.24, 2.45) is 0 Å². The molecule has 3 aromatic carbocycles. The molecule has 156 valence electrons. The molecular weight excluding hydrogens is 407 g/mol. The summed E-state index contributed by atoms with van der Waals surface area (Å²) < 4.78 is 46.8. The van der Waals surface area contributed by atoms with Gasteiger partial charge in [-0.05, 0) is 55.5 Å². The van der Waals surface area contributed by atoms with E-state index in [0.717, 1.165) is 4.31 Å². The lowest BCUT2D eigenvalue weighted by Crippen LogP contribution is -2.38. The van der Waals surface area contributed by atoms with E-state index < -0.39 is 28.3 Å². The number of benzene rings is 3. The van der Waals surface area contributed by atoms with Crippen LogP contribution in [0, 0.1) is 5.82 Å². The summed E-state index contributed by atoms with van der Waals surface area (Å²) in [6.07, 6.45) is 0. The van der Waals surface area contributed by atoms with Crippen LogP contribution in [0.25, 0.3) is 0 Å². The average molecular weight is 428 g/mol. The molecule has 0 atom stereocenters. The smallest absolute Gasteiger partial charge is 0.264 e. The molecule has 0 aliphatic rings. The molecule has 0 heterocycles. The van der Waals surface area contributed by atoms with Crippen LogP contribution in [0.2, 0.25) is 0 Å². The summed E-state index contributed by atoms with van der Waals surface area (Å²) in [4.78, 5) is 12.6. The number of anilines is 2. The Morgan fingerprint density at radius 3 is 2.23 bits per heavy atom. The average Bonchev–Trinajstić information content (AvgIpc) is 2.75. The van der Waals surface area contributed by atoms with Crippen LogP contribution >= 0.6 is 0 Å². The number of hydrogen-bond donors (Lipinski definition) is 1. The van der Waals surface area contributed by atoms with Crippen LogP contribution in [0.15, 0.2) is 83.8 Å². The molecule has 0 unspecified atom stereocenters. The predicted molar refractivity (Wildman–Crippen MR) is 114 cm³/mol. The van der Waals surface area contributed by atoms with Crippen LogP contribution in [0.5, 0.6) is 5.75 Å². The van der Waals surface area contributed by atoms with Crippen LogP contribution in [0.1, 0.15) is 6.92 Å². The Morgan fingerprint density at radius 2 is 1.60 bits per heavy atom. The molecule has 8 heteroatoms. The molecule has 0 spiro atoms. The molecular formula is C22H21FN2O4S. The van der Waals surface area contributed by atoms with E-state index in [1.165, 1.54) is 30.3 Å². The Morgan fingerprint density at radius 1 is 0.967 bits per heavy atom. The Labute approximate surface area is 175 Å². The largest absolute Gasteiger partial charge is 0.494 e. The molecule has 6 nitrogen and oxygen atoms in total. The molecule has 1 amide bonds. The summed E-state index contributed by atoms with van der Waals surface area (Å²) in [7, 11) is -4.06. The van der Waals surface area contributed by atoms with Gasteiger partial charge in [0.25, 0.3) is 10.0 Å². The van der Waals surface area contributed by atoms with E-state index >= 15 is 0 Å². The van der Waals surface area contributed by atoms with E-state index in [9.17, 15) is 17.6 Å². The molecule has 30 heavy (non-hydrogen) atoms. The zero-order chi connectivity index (χ0) is 21.6. The number of para-hydroxylation sites is 2. The van der Waals surface area contributed by atoms with Gasteiger partial charge in [-0.15, -0.1) is 0 Å². The van der Waals surface area contributed by atoms with Crippen LogP contribution in [0.4, 0.5) is 15.8 Å². The minimum absolute atomic E-state index is 0.00787. The van der Waals surface area contributed by atoms with Crippen LogP contribution in [-0.2, 0) is 14.8 Å². The highest BCUT2D eigenvalue weighted by Crippen LogP contribution is 2.25. The van der Waals surface area contributed by atoms with Crippen LogP contribution in [-0.4, -0.2) is 27.5 Å². The lowest BCUT2D eigenvalue weighted by molar-refractivity contribution is -0.114. The molecule has 0 aliphatic carbocycles. The number of nitrogens with one attached hydrogen (secondary N) is 1. The Kier molecular flexibility index (Phi) is 6.68. The van der Waals surface area contributed by atoms with Gasteiger partial charge in [0.1, 0.15) is 18.1 Å². The van der Waals surface area contributed by atoms with Crippen molar-refractivity contribution in [3.8, 4) is 5.75 Å². The fourth-order valence-corrected chi connectivity index (χ4v) is 4.21. The maximum Gasteiger partial charge on any atom is 0.264 e. The molecule has 0 bridgehead atoms. The van der Waals surface area contributed by atoms with E-state index in [2.05, 4.69) is 5.32 Å².